The summed E-state index contributed by atoms with van der Waals surface area (Å²) in [5, 5.41) is 10.3. The zero-order chi connectivity index (χ0) is 25.5. The number of piperidine rings is 1. The molecule has 0 unspecified atom stereocenters. The first-order valence-corrected chi connectivity index (χ1v) is 13.0. The third-order valence-electron chi connectivity index (χ3n) is 7.61. The van der Waals surface area contributed by atoms with Crippen molar-refractivity contribution in [3.63, 3.8) is 0 Å². The maximum atomic E-state index is 15.5. The van der Waals surface area contributed by atoms with Crippen molar-refractivity contribution in [2.45, 2.75) is 51.1 Å². The van der Waals surface area contributed by atoms with Gasteiger partial charge in [0.1, 0.15) is 11.9 Å². The number of hydrogen-bond acceptors (Lipinski definition) is 4. The largest absolute Gasteiger partial charge is 0.497 e. The molecule has 3 aromatic rings. The Kier molecular flexibility index (Phi) is 8.97. The topological polar surface area (TPSA) is 67.6 Å². The number of carbonyl (C=O) groups is 1. The van der Waals surface area contributed by atoms with E-state index in [-0.39, 0.29) is 18.3 Å². The minimum Gasteiger partial charge on any atom is -0.497 e. The Labute approximate surface area is 213 Å². The Hall–Kier alpha value is -2.93. The fourth-order valence-corrected chi connectivity index (χ4v) is 5.63. The summed E-state index contributed by atoms with van der Waals surface area (Å²) < 4.78 is 22.9. The molecule has 1 aromatic carbocycles. The summed E-state index contributed by atoms with van der Waals surface area (Å²) >= 11 is 0. The van der Waals surface area contributed by atoms with Crippen LogP contribution in [0.1, 0.15) is 55.8 Å². The lowest BCUT2D eigenvalue weighted by molar-refractivity contribution is -0.139. The standard InChI is InChI=1S/C29H38FN3O3/c1-32-15-11-21(19-32)5-3-4-14-33-16-12-22(23(20-33)17-29(34)35)6-8-27(30)25-10-13-31-28-9-7-24(36-2)18-26(25)28/h7,9-11,13,15,18-19,22-23,27H,3-6,8,12,14,16-17,20H2,1-2H3,(H,34,35)/t22-,23+,27+/m1/s1. The predicted octanol–water partition coefficient (Wildman–Crippen LogP) is 5.81. The van der Waals surface area contributed by atoms with Crippen molar-refractivity contribution in [3.05, 3.63) is 60.0 Å². The highest BCUT2D eigenvalue weighted by Crippen LogP contribution is 2.36. The van der Waals surface area contributed by atoms with Crippen molar-refractivity contribution < 1.29 is 19.0 Å². The second-order valence-corrected chi connectivity index (χ2v) is 10.2. The molecule has 36 heavy (non-hydrogen) atoms. The fourth-order valence-electron chi connectivity index (χ4n) is 5.63. The smallest absolute Gasteiger partial charge is 0.303 e. The molecule has 0 bridgehead atoms. The fraction of sp³-hybridized carbons (Fsp3) is 0.517. The number of unbranched alkanes of at least 4 members (excludes halogenated alkanes) is 1. The molecule has 0 amide bonds. The van der Waals surface area contributed by atoms with Crippen LogP contribution < -0.4 is 4.74 Å². The second-order valence-electron chi connectivity index (χ2n) is 10.2. The predicted molar refractivity (Wildman–Crippen MR) is 140 cm³/mol. The van der Waals surface area contributed by atoms with Gasteiger partial charge in [0.25, 0.3) is 0 Å². The first-order chi connectivity index (χ1) is 17.4. The number of aryl methyl sites for hydroxylation is 2. The highest BCUT2D eigenvalue weighted by molar-refractivity contribution is 5.83. The summed E-state index contributed by atoms with van der Waals surface area (Å²) in [6.45, 7) is 2.74. The molecule has 3 heterocycles. The van der Waals surface area contributed by atoms with Crippen LogP contribution >= 0.6 is 0 Å². The van der Waals surface area contributed by atoms with Gasteiger partial charge in [-0.2, -0.15) is 0 Å². The SMILES string of the molecule is COc1ccc2nccc([C@@H](F)CC[C@@H]3CCN(CCCCc4ccn(C)c4)C[C@@H]3CC(=O)O)c2c1. The monoisotopic (exact) mass is 495 g/mol. The molecule has 1 aliphatic heterocycles. The van der Waals surface area contributed by atoms with Gasteiger partial charge in [0, 0.05) is 44.0 Å². The highest BCUT2D eigenvalue weighted by atomic mass is 19.1. The Morgan fingerprint density at radius 3 is 2.86 bits per heavy atom. The number of rotatable bonds is 12. The van der Waals surface area contributed by atoms with E-state index in [2.05, 4.69) is 32.9 Å². The molecule has 3 atom stereocenters. The summed E-state index contributed by atoms with van der Waals surface area (Å²) in [4.78, 5) is 18.4. The van der Waals surface area contributed by atoms with E-state index in [1.165, 1.54) is 5.56 Å². The molecule has 1 aliphatic rings. The van der Waals surface area contributed by atoms with Gasteiger partial charge in [-0.15, -0.1) is 0 Å². The van der Waals surface area contributed by atoms with Crippen molar-refractivity contribution in [2.24, 2.45) is 18.9 Å². The third kappa shape index (κ3) is 6.84. The molecule has 2 aromatic heterocycles. The number of hydrogen-bond donors (Lipinski definition) is 1. The molecular formula is C29H38FN3O3. The van der Waals surface area contributed by atoms with E-state index in [4.69, 9.17) is 4.74 Å². The number of carboxylic acids is 1. The zero-order valence-corrected chi connectivity index (χ0v) is 21.4. The number of ether oxygens (including phenoxy) is 1. The normalized spacial score (nSPS) is 19.4. The Balaban J connectivity index is 1.31. The first kappa shape index (κ1) is 26.1. The van der Waals surface area contributed by atoms with E-state index in [0.717, 1.165) is 56.2 Å². The average molecular weight is 496 g/mol. The summed E-state index contributed by atoms with van der Waals surface area (Å²) in [5.74, 6) is 0.205. The molecule has 194 valence electrons. The molecule has 1 N–H and O–H groups in total. The maximum absolute atomic E-state index is 15.5. The number of halogens is 1. The van der Waals surface area contributed by atoms with E-state index in [9.17, 15) is 9.90 Å². The number of nitrogens with zero attached hydrogens (tertiary/aromatic N) is 3. The number of pyridine rings is 1. The van der Waals surface area contributed by atoms with Crippen LogP contribution in [0.3, 0.4) is 0 Å². The van der Waals surface area contributed by atoms with Gasteiger partial charge in [0.2, 0.25) is 0 Å². The second kappa shape index (κ2) is 12.3. The summed E-state index contributed by atoms with van der Waals surface area (Å²) in [5.41, 5.74) is 2.74. The van der Waals surface area contributed by atoms with E-state index in [1.807, 2.05) is 25.2 Å². The molecular weight excluding hydrogens is 457 g/mol. The number of likely N-dealkylation sites (tertiary alicyclic amines) is 1. The molecule has 6 nitrogen and oxygen atoms in total. The van der Waals surface area contributed by atoms with Gasteiger partial charge in [-0.3, -0.25) is 9.78 Å². The number of methoxy groups -OCH3 is 1. The molecule has 0 spiro atoms. The van der Waals surface area contributed by atoms with Crippen LogP contribution in [0.4, 0.5) is 4.39 Å². The van der Waals surface area contributed by atoms with E-state index in [1.54, 1.807) is 19.4 Å². The third-order valence-corrected chi connectivity index (χ3v) is 7.61. The lowest BCUT2D eigenvalue weighted by Gasteiger charge is -2.38. The minimum atomic E-state index is -1.12. The zero-order valence-electron chi connectivity index (χ0n) is 21.4. The van der Waals surface area contributed by atoms with Gasteiger partial charge < -0.3 is 19.3 Å². The number of alkyl halides is 1. The average Bonchev–Trinajstić information content (AvgIpc) is 3.29. The maximum Gasteiger partial charge on any atom is 0.303 e. The van der Waals surface area contributed by atoms with Crippen LogP contribution in [-0.4, -0.2) is 52.3 Å². The lowest BCUT2D eigenvalue weighted by atomic mass is 9.79. The van der Waals surface area contributed by atoms with E-state index >= 15 is 4.39 Å². The highest BCUT2D eigenvalue weighted by Gasteiger charge is 2.31. The first-order valence-electron chi connectivity index (χ1n) is 13.0. The summed E-state index contributed by atoms with van der Waals surface area (Å²) in [7, 11) is 3.64. The van der Waals surface area contributed by atoms with Crippen LogP contribution in [0, 0.1) is 11.8 Å². The molecule has 0 radical (unpaired) electrons. The van der Waals surface area contributed by atoms with Gasteiger partial charge in [0.05, 0.1) is 12.6 Å². The Morgan fingerprint density at radius 1 is 1.25 bits per heavy atom. The molecule has 0 saturated carbocycles. The van der Waals surface area contributed by atoms with Gasteiger partial charge in [0.15, 0.2) is 0 Å². The molecule has 1 fully saturated rings. The number of carboxylic acid groups (broad SMARTS) is 1. The number of aliphatic carboxylic acids is 1. The van der Waals surface area contributed by atoms with Crippen LogP contribution in [0.25, 0.3) is 10.9 Å². The van der Waals surface area contributed by atoms with Crippen LogP contribution in [0.2, 0.25) is 0 Å². The minimum absolute atomic E-state index is 0.0619. The van der Waals surface area contributed by atoms with Crippen molar-refractivity contribution in [1.82, 2.24) is 14.5 Å². The molecule has 0 aliphatic carbocycles. The van der Waals surface area contributed by atoms with E-state index < -0.39 is 12.1 Å². The van der Waals surface area contributed by atoms with Gasteiger partial charge in [-0.1, -0.05) is 0 Å². The van der Waals surface area contributed by atoms with Crippen LogP contribution in [0.15, 0.2) is 48.9 Å². The van der Waals surface area contributed by atoms with Gasteiger partial charge in [-0.25, -0.2) is 4.39 Å². The van der Waals surface area contributed by atoms with Gasteiger partial charge >= 0.3 is 5.97 Å². The molecule has 7 heteroatoms. The van der Waals surface area contributed by atoms with Crippen molar-refractivity contribution in [2.75, 3.05) is 26.7 Å². The summed E-state index contributed by atoms with van der Waals surface area (Å²) in [6.07, 6.45) is 10.2. The van der Waals surface area contributed by atoms with Crippen molar-refractivity contribution in [1.29, 1.82) is 0 Å². The Bertz CT molecular complexity index is 1150. The van der Waals surface area contributed by atoms with Crippen LogP contribution in [0.5, 0.6) is 5.75 Å². The molecule has 1 saturated heterocycles. The van der Waals surface area contributed by atoms with Gasteiger partial charge in [-0.05, 0) is 105 Å². The molecule has 4 rings (SSSR count). The Morgan fingerprint density at radius 2 is 2.11 bits per heavy atom. The summed E-state index contributed by atoms with van der Waals surface area (Å²) in [6, 6.07) is 9.44. The quantitative estimate of drug-likeness (QED) is 0.321. The van der Waals surface area contributed by atoms with Crippen LogP contribution in [-0.2, 0) is 18.3 Å². The lowest BCUT2D eigenvalue weighted by Crippen LogP contribution is -2.41. The number of aromatic nitrogens is 2. The van der Waals surface area contributed by atoms with Crippen molar-refractivity contribution in [3.8, 4) is 5.75 Å². The van der Waals surface area contributed by atoms with E-state index in [0.29, 0.717) is 24.2 Å². The van der Waals surface area contributed by atoms with Crippen molar-refractivity contribution >= 4 is 16.9 Å². The number of fused-ring (bicyclic) bond motifs is 1. The number of benzene rings is 1.